The molecule has 0 unspecified atom stereocenters. The molecule has 0 aliphatic rings. The number of nitriles is 1. The van der Waals surface area contributed by atoms with Gasteiger partial charge in [0.1, 0.15) is 0 Å². The van der Waals surface area contributed by atoms with Crippen molar-refractivity contribution in [1.29, 1.82) is 5.26 Å². The number of rotatable bonds is 6. The van der Waals surface area contributed by atoms with Gasteiger partial charge < -0.3 is 4.57 Å². The van der Waals surface area contributed by atoms with Gasteiger partial charge in [0.15, 0.2) is 17.5 Å². The standard InChI is InChI=1S/C58H33N5/c59-34-41-24-32-50-54-45(41)29-30-47-44(31-33-51(55(47)54)63(50)42-14-8-3-9-15-42)36-18-16-35(17-19-36)43-25-20-37-22-27-48-49(28-23-38-21-26-46(43)52(37)53(38)48)58-61-56(39-10-4-1-5-11-39)60-57(62-58)40-12-6-2-7-13-40/h1-33H. The van der Waals surface area contributed by atoms with Gasteiger partial charge in [-0.25, -0.2) is 15.0 Å². The largest absolute Gasteiger partial charge is 0.309 e. The first kappa shape index (κ1) is 35.1. The molecule has 13 rings (SSSR count). The van der Waals surface area contributed by atoms with Crippen LogP contribution >= 0.6 is 0 Å². The summed E-state index contributed by atoms with van der Waals surface area (Å²) in [5.74, 6) is 1.94. The van der Waals surface area contributed by atoms with Gasteiger partial charge in [-0.3, -0.25) is 0 Å². The number of hydrogen-bond donors (Lipinski definition) is 0. The van der Waals surface area contributed by atoms with Gasteiger partial charge in [0.2, 0.25) is 0 Å². The molecule has 0 atom stereocenters. The van der Waals surface area contributed by atoms with E-state index >= 15 is 0 Å². The van der Waals surface area contributed by atoms with E-state index in [2.05, 4.69) is 138 Å². The van der Waals surface area contributed by atoms with Crippen LogP contribution in [0.15, 0.2) is 200 Å². The summed E-state index contributed by atoms with van der Waals surface area (Å²) in [6.07, 6.45) is 0. The third-order valence-corrected chi connectivity index (χ3v) is 12.8. The van der Waals surface area contributed by atoms with Crippen molar-refractivity contribution in [1.82, 2.24) is 19.5 Å². The second-order valence-electron chi connectivity index (χ2n) is 16.2. The highest BCUT2D eigenvalue weighted by Gasteiger charge is 2.22. The molecule has 290 valence electrons. The molecule has 0 bridgehead atoms. The maximum Gasteiger partial charge on any atom is 0.164 e. The summed E-state index contributed by atoms with van der Waals surface area (Å²) in [7, 11) is 0. The van der Waals surface area contributed by atoms with Crippen LogP contribution in [0.4, 0.5) is 0 Å². The highest BCUT2D eigenvalue weighted by atomic mass is 15.0. The monoisotopic (exact) mass is 799 g/mol. The molecule has 0 amide bonds. The second-order valence-corrected chi connectivity index (χ2v) is 16.2. The van der Waals surface area contributed by atoms with Gasteiger partial charge in [0.05, 0.1) is 22.7 Å². The summed E-state index contributed by atoms with van der Waals surface area (Å²) in [5.41, 5.74) is 11.5. The normalized spacial score (nSPS) is 11.8. The summed E-state index contributed by atoms with van der Waals surface area (Å²) >= 11 is 0. The molecule has 2 aromatic heterocycles. The Morgan fingerprint density at radius 2 is 0.762 bits per heavy atom. The van der Waals surface area contributed by atoms with Crippen LogP contribution < -0.4 is 0 Å². The summed E-state index contributed by atoms with van der Waals surface area (Å²) in [5, 5.41) is 21.7. The number of para-hydroxylation sites is 1. The van der Waals surface area contributed by atoms with Gasteiger partial charge in [-0.15, -0.1) is 0 Å². The Hall–Kier alpha value is -8.72. The van der Waals surface area contributed by atoms with Crippen molar-refractivity contribution in [2.45, 2.75) is 0 Å². The van der Waals surface area contributed by atoms with Gasteiger partial charge in [0, 0.05) is 38.5 Å². The van der Waals surface area contributed by atoms with Crippen molar-refractivity contribution in [2.24, 2.45) is 0 Å². The van der Waals surface area contributed by atoms with E-state index in [1.807, 2.05) is 72.8 Å². The van der Waals surface area contributed by atoms with Crippen LogP contribution in [0.25, 0.3) is 127 Å². The fraction of sp³-hybridized carbons (Fsp3) is 0. The van der Waals surface area contributed by atoms with Crippen molar-refractivity contribution in [3.63, 3.8) is 0 Å². The van der Waals surface area contributed by atoms with E-state index in [-0.39, 0.29) is 0 Å². The number of hydrogen-bond acceptors (Lipinski definition) is 4. The second kappa shape index (κ2) is 13.7. The lowest BCUT2D eigenvalue weighted by Gasteiger charge is -2.17. The Balaban J connectivity index is 0.945. The van der Waals surface area contributed by atoms with Crippen molar-refractivity contribution in [3.05, 3.63) is 206 Å². The zero-order valence-corrected chi connectivity index (χ0v) is 33.8. The average Bonchev–Trinajstić information content (AvgIpc) is 3.70. The molecule has 13 aromatic rings. The van der Waals surface area contributed by atoms with E-state index in [1.165, 1.54) is 43.3 Å². The fourth-order valence-corrected chi connectivity index (χ4v) is 9.97. The van der Waals surface area contributed by atoms with Crippen LogP contribution in [-0.4, -0.2) is 19.5 Å². The Morgan fingerprint density at radius 3 is 1.35 bits per heavy atom. The highest BCUT2D eigenvalue weighted by molar-refractivity contribution is 6.29. The summed E-state index contributed by atoms with van der Waals surface area (Å²) in [6, 6.07) is 72.9. The first-order valence-electron chi connectivity index (χ1n) is 21.2. The maximum atomic E-state index is 10.1. The molecule has 0 fully saturated rings. The topological polar surface area (TPSA) is 67.4 Å². The molecule has 11 aromatic carbocycles. The van der Waals surface area contributed by atoms with E-state index in [0.717, 1.165) is 66.3 Å². The quantitative estimate of drug-likeness (QED) is 0.157. The van der Waals surface area contributed by atoms with Gasteiger partial charge >= 0.3 is 0 Å². The van der Waals surface area contributed by atoms with Crippen LogP contribution in [-0.2, 0) is 0 Å². The lowest BCUT2D eigenvalue weighted by molar-refractivity contribution is 1.08. The maximum absolute atomic E-state index is 10.1. The molecule has 0 saturated heterocycles. The first-order valence-corrected chi connectivity index (χ1v) is 21.2. The molecule has 2 heterocycles. The predicted octanol–water partition coefficient (Wildman–Crippen LogP) is 14.7. The first-order chi connectivity index (χ1) is 31.2. The van der Waals surface area contributed by atoms with Crippen LogP contribution in [0.2, 0.25) is 0 Å². The summed E-state index contributed by atoms with van der Waals surface area (Å²) in [4.78, 5) is 15.2. The predicted molar refractivity (Wildman–Crippen MR) is 258 cm³/mol. The van der Waals surface area contributed by atoms with Gasteiger partial charge in [0.25, 0.3) is 0 Å². The van der Waals surface area contributed by atoms with E-state index < -0.39 is 0 Å². The Kier molecular flexibility index (Phi) is 7.60. The number of nitrogens with zero attached hydrogens (tertiary/aromatic N) is 5. The minimum atomic E-state index is 0.646. The number of aromatic nitrogens is 4. The highest BCUT2D eigenvalue weighted by Crippen LogP contribution is 2.45. The van der Waals surface area contributed by atoms with Crippen molar-refractivity contribution >= 4 is 64.9 Å². The minimum Gasteiger partial charge on any atom is -0.309 e. The van der Waals surface area contributed by atoms with Crippen LogP contribution in [0.5, 0.6) is 0 Å². The smallest absolute Gasteiger partial charge is 0.164 e. The van der Waals surface area contributed by atoms with Crippen LogP contribution in [0, 0.1) is 11.3 Å². The number of benzene rings is 11. The molecule has 0 spiro atoms. The molecule has 0 aliphatic heterocycles. The zero-order chi connectivity index (χ0) is 41.6. The lowest BCUT2D eigenvalue weighted by atomic mass is 9.88. The van der Waals surface area contributed by atoms with Crippen LogP contribution in [0.3, 0.4) is 0 Å². The Morgan fingerprint density at radius 1 is 0.333 bits per heavy atom. The van der Waals surface area contributed by atoms with Gasteiger partial charge in [-0.1, -0.05) is 164 Å². The minimum absolute atomic E-state index is 0.646. The third kappa shape index (κ3) is 5.32. The molecule has 5 nitrogen and oxygen atoms in total. The molecule has 0 radical (unpaired) electrons. The van der Waals surface area contributed by atoms with E-state index in [0.29, 0.717) is 23.0 Å². The van der Waals surface area contributed by atoms with E-state index in [1.54, 1.807) is 0 Å². The molecule has 0 aliphatic carbocycles. The zero-order valence-electron chi connectivity index (χ0n) is 33.8. The van der Waals surface area contributed by atoms with Crippen LogP contribution in [0.1, 0.15) is 5.56 Å². The Labute approximate surface area is 362 Å². The molecule has 63 heavy (non-hydrogen) atoms. The SMILES string of the molecule is N#Cc1ccc2c3c1ccc1c(-c4ccc(-c5ccc6ccc7c(-c8nc(-c9ccccc9)nc(-c9ccccc9)n8)ccc8ccc5c6c87)cc4)ccc(c13)n2-c1ccccc1. The van der Waals surface area contributed by atoms with Crippen molar-refractivity contribution < 1.29 is 0 Å². The lowest BCUT2D eigenvalue weighted by Crippen LogP contribution is -2.00. The van der Waals surface area contributed by atoms with E-state index in [9.17, 15) is 5.26 Å². The van der Waals surface area contributed by atoms with E-state index in [4.69, 9.17) is 15.0 Å². The molecular weight excluding hydrogens is 767 g/mol. The Bertz CT molecular complexity index is 3880. The fourth-order valence-electron chi connectivity index (χ4n) is 9.97. The summed E-state index contributed by atoms with van der Waals surface area (Å²) in [6.45, 7) is 0. The van der Waals surface area contributed by atoms with Crippen molar-refractivity contribution in [3.8, 4) is 68.2 Å². The molecule has 5 heteroatoms. The molecule has 0 N–H and O–H groups in total. The molecule has 0 saturated carbocycles. The average molecular weight is 800 g/mol. The van der Waals surface area contributed by atoms with Gasteiger partial charge in [-0.2, -0.15) is 5.26 Å². The summed E-state index contributed by atoms with van der Waals surface area (Å²) < 4.78 is 2.32. The molecular formula is C58H33N5. The van der Waals surface area contributed by atoms with Crippen molar-refractivity contribution in [2.75, 3.05) is 0 Å². The third-order valence-electron chi connectivity index (χ3n) is 12.8. The van der Waals surface area contributed by atoms with Gasteiger partial charge in [-0.05, 0) is 96.4 Å².